The Labute approximate surface area is 103 Å². The SMILES string of the molecule is CCCN(c1ccc(C)cc1C)[C@@H](C)C(=O)O. The Kier molecular flexibility index (Phi) is 4.55. The summed E-state index contributed by atoms with van der Waals surface area (Å²) in [6, 6.07) is 5.64. The van der Waals surface area contributed by atoms with E-state index in [1.165, 1.54) is 5.56 Å². The van der Waals surface area contributed by atoms with Gasteiger partial charge in [0.2, 0.25) is 0 Å². The second kappa shape index (κ2) is 5.71. The van der Waals surface area contributed by atoms with Crippen molar-refractivity contribution in [3.05, 3.63) is 29.3 Å². The lowest BCUT2D eigenvalue weighted by molar-refractivity contribution is -0.138. The molecule has 0 aliphatic carbocycles. The van der Waals surface area contributed by atoms with Crippen molar-refractivity contribution >= 4 is 11.7 Å². The third-order valence-corrected chi connectivity index (χ3v) is 2.95. The van der Waals surface area contributed by atoms with Crippen LogP contribution in [0.4, 0.5) is 5.69 Å². The summed E-state index contributed by atoms with van der Waals surface area (Å²) < 4.78 is 0. The average Bonchev–Trinajstić information content (AvgIpc) is 2.26. The third-order valence-electron chi connectivity index (χ3n) is 2.95. The molecule has 1 aromatic carbocycles. The maximum atomic E-state index is 11.1. The van der Waals surface area contributed by atoms with Gasteiger partial charge in [-0.05, 0) is 38.8 Å². The number of carbonyl (C=O) groups is 1. The Morgan fingerprint density at radius 3 is 2.53 bits per heavy atom. The number of rotatable bonds is 5. The molecular weight excluding hydrogens is 214 g/mol. The van der Waals surface area contributed by atoms with Gasteiger partial charge in [-0.1, -0.05) is 24.6 Å². The minimum Gasteiger partial charge on any atom is -0.480 e. The summed E-state index contributed by atoms with van der Waals surface area (Å²) in [5.41, 5.74) is 3.35. The van der Waals surface area contributed by atoms with Crippen LogP contribution in [0.5, 0.6) is 0 Å². The molecule has 94 valence electrons. The van der Waals surface area contributed by atoms with Crippen LogP contribution in [0, 0.1) is 13.8 Å². The molecule has 3 nitrogen and oxygen atoms in total. The molecule has 1 rings (SSSR count). The highest BCUT2D eigenvalue weighted by Crippen LogP contribution is 2.23. The van der Waals surface area contributed by atoms with Crippen LogP contribution in [-0.2, 0) is 4.79 Å². The maximum Gasteiger partial charge on any atom is 0.326 e. The average molecular weight is 235 g/mol. The number of carboxylic acids is 1. The zero-order valence-corrected chi connectivity index (χ0v) is 11.0. The molecule has 0 spiro atoms. The van der Waals surface area contributed by atoms with Gasteiger partial charge in [0.25, 0.3) is 0 Å². The van der Waals surface area contributed by atoms with E-state index in [-0.39, 0.29) is 0 Å². The molecule has 0 saturated carbocycles. The van der Waals surface area contributed by atoms with Crippen LogP contribution in [-0.4, -0.2) is 23.7 Å². The number of anilines is 1. The van der Waals surface area contributed by atoms with Crippen LogP contribution in [0.25, 0.3) is 0 Å². The molecule has 0 aliphatic heterocycles. The molecule has 1 aromatic rings. The van der Waals surface area contributed by atoms with Crippen LogP contribution >= 0.6 is 0 Å². The van der Waals surface area contributed by atoms with Crippen molar-refractivity contribution in [3.63, 3.8) is 0 Å². The molecule has 17 heavy (non-hydrogen) atoms. The van der Waals surface area contributed by atoms with E-state index < -0.39 is 12.0 Å². The summed E-state index contributed by atoms with van der Waals surface area (Å²) in [5, 5.41) is 9.14. The summed E-state index contributed by atoms with van der Waals surface area (Å²) >= 11 is 0. The van der Waals surface area contributed by atoms with Crippen molar-refractivity contribution in [2.75, 3.05) is 11.4 Å². The fourth-order valence-corrected chi connectivity index (χ4v) is 2.02. The molecule has 0 amide bonds. The van der Waals surface area contributed by atoms with Crippen LogP contribution in [0.1, 0.15) is 31.4 Å². The van der Waals surface area contributed by atoms with Gasteiger partial charge in [-0.25, -0.2) is 4.79 Å². The molecule has 0 heterocycles. The lowest BCUT2D eigenvalue weighted by atomic mass is 10.1. The first kappa shape index (κ1) is 13.6. The topological polar surface area (TPSA) is 40.5 Å². The van der Waals surface area contributed by atoms with Crippen molar-refractivity contribution in [1.82, 2.24) is 0 Å². The summed E-state index contributed by atoms with van der Waals surface area (Å²) in [6.07, 6.45) is 0.935. The summed E-state index contributed by atoms with van der Waals surface area (Å²) in [4.78, 5) is 13.1. The minimum absolute atomic E-state index is 0.489. The van der Waals surface area contributed by atoms with Crippen molar-refractivity contribution in [3.8, 4) is 0 Å². The second-order valence-electron chi connectivity index (χ2n) is 4.50. The quantitative estimate of drug-likeness (QED) is 0.853. The maximum absolute atomic E-state index is 11.1. The molecule has 0 fully saturated rings. The van der Waals surface area contributed by atoms with Gasteiger partial charge in [-0.15, -0.1) is 0 Å². The molecule has 0 radical (unpaired) electrons. The molecular formula is C14H21NO2. The van der Waals surface area contributed by atoms with E-state index >= 15 is 0 Å². The normalized spacial score (nSPS) is 12.2. The number of carboxylic acid groups (broad SMARTS) is 1. The van der Waals surface area contributed by atoms with E-state index in [1.54, 1.807) is 6.92 Å². The first-order chi connectivity index (χ1) is 7.97. The Balaban J connectivity index is 3.09. The van der Waals surface area contributed by atoms with Crippen molar-refractivity contribution < 1.29 is 9.90 Å². The summed E-state index contributed by atoms with van der Waals surface area (Å²) in [7, 11) is 0. The number of nitrogens with zero attached hydrogens (tertiary/aromatic N) is 1. The van der Waals surface area contributed by atoms with E-state index in [1.807, 2.05) is 30.9 Å². The molecule has 3 heteroatoms. The van der Waals surface area contributed by atoms with Gasteiger partial charge in [-0.3, -0.25) is 0 Å². The van der Waals surface area contributed by atoms with Gasteiger partial charge in [0.15, 0.2) is 0 Å². The van der Waals surface area contributed by atoms with Crippen molar-refractivity contribution in [1.29, 1.82) is 0 Å². The molecule has 0 unspecified atom stereocenters. The van der Waals surface area contributed by atoms with Crippen LogP contribution < -0.4 is 4.90 Å². The number of benzene rings is 1. The van der Waals surface area contributed by atoms with Crippen LogP contribution in [0.15, 0.2) is 18.2 Å². The largest absolute Gasteiger partial charge is 0.480 e. The van der Waals surface area contributed by atoms with Crippen molar-refractivity contribution in [2.45, 2.75) is 40.2 Å². The van der Waals surface area contributed by atoms with Gasteiger partial charge >= 0.3 is 5.97 Å². The third kappa shape index (κ3) is 3.22. The lowest BCUT2D eigenvalue weighted by Crippen LogP contribution is -2.40. The molecule has 0 saturated heterocycles. The molecule has 1 N–H and O–H groups in total. The second-order valence-corrected chi connectivity index (χ2v) is 4.50. The van der Waals surface area contributed by atoms with E-state index in [2.05, 4.69) is 13.0 Å². The minimum atomic E-state index is -0.779. The fraction of sp³-hybridized carbons (Fsp3) is 0.500. The van der Waals surface area contributed by atoms with Gasteiger partial charge in [0.1, 0.15) is 6.04 Å². The highest BCUT2D eigenvalue weighted by molar-refractivity contribution is 5.78. The Bertz CT molecular complexity index is 401. The fourth-order valence-electron chi connectivity index (χ4n) is 2.02. The summed E-state index contributed by atoms with van der Waals surface area (Å²) in [6.45, 7) is 8.63. The van der Waals surface area contributed by atoms with Crippen LogP contribution in [0.3, 0.4) is 0 Å². The molecule has 0 aliphatic rings. The summed E-state index contributed by atoms with van der Waals surface area (Å²) in [5.74, 6) is -0.779. The monoisotopic (exact) mass is 235 g/mol. The number of hydrogen-bond donors (Lipinski definition) is 1. The number of aryl methyl sites for hydroxylation is 2. The van der Waals surface area contributed by atoms with Gasteiger partial charge in [0.05, 0.1) is 0 Å². The van der Waals surface area contributed by atoms with Gasteiger partial charge in [-0.2, -0.15) is 0 Å². The van der Waals surface area contributed by atoms with Crippen LogP contribution in [0.2, 0.25) is 0 Å². The van der Waals surface area contributed by atoms with Crippen molar-refractivity contribution in [2.24, 2.45) is 0 Å². The predicted octanol–water partition coefficient (Wildman–Crippen LogP) is 2.99. The highest BCUT2D eigenvalue weighted by atomic mass is 16.4. The lowest BCUT2D eigenvalue weighted by Gasteiger charge is -2.30. The number of aliphatic carboxylic acids is 1. The zero-order valence-electron chi connectivity index (χ0n) is 11.0. The Morgan fingerprint density at radius 2 is 2.06 bits per heavy atom. The number of hydrogen-bond acceptors (Lipinski definition) is 2. The smallest absolute Gasteiger partial charge is 0.326 e. The standard InChI is InChI=1S/C14H21NO2/c1-5-8-15(12(4)14(16)17)13-7-6-10(2)9-11(13)3/h6-7,9,12H,5,8H2,1-4H3,(H,16,17)/t12-/m0/s1. The van der Waals surface area contributed by atoms with Gasteiger partial charge < -0.3 is 10.0 Å². The zero-order chi connectivity index (χ0) is 13.0. The Morgan fingerprint density at radius 1 is 1.41 bits per heavy atom. The highest BCUT2D eigenvalue weighted by Gasteiger charge is 2.21. The molecule has 1 atom stereocenters. The molecule has 0 bridgehead atoms. The first-order valence-corrected chi connectivity index (χ1v) is 6.04. The van der Waals surface area contributed by atoms with E-state index in [4.69, 9.17) is 5.11 Å². The molecule has 0 aromatic heterocycles. The Hall–Kier alpha value is -1.51. The predicted molar refractivity (Wildman–Crippen MR) is 70.7 cm³/mol. The van der Waals surface area contributed by atoms with E-state index in [9.17, 15) is 4.79 Å². The van der Waals surface area contributed by atoms with E-state index in [0.717, 1.165) is 24.2 Å². The van der Waals surface area contributed by atoms with Gasteiger partial charge in [0, 0.05) is 12.2 Å². The first-order valence-electron chi connectivity index (χ1n) is 6.04. The van der Waals surface area contributed by atoms with E-state index in [0.29, 0.717) is 0 Å².